The van der Waals surface area contributed by atoms with E-state index in [4.69, 9.17) is 21.4 Å². The number of halogens is 1. The number of hydrogen-bond acceptors (Lipinski definition) is 4. The van der Waals surface area contributed by atoms with E-state index in [-0.39, 0.29) is 12.3 Å². The Morgan fingerprint density at radius 3 is 2.96 bits per heavy atom. The molecular formula is C19H19ClN2OS. The third-order valence-electron chi connectivity index (χ3n) is 4.51. The number of hydrogen-bond donors (Lipinski definition) is 0. The van der Waals surface area contributed by atoms with Gasteiger partial charge in [0.15, 0.2) is 6.23 Å². The quantitative estimate of drug-likeness (QED) is 0.772. The molecule has 0 radical (unpaired) electrons. The maximum absolute atomic E-state index is 6.24. The minimum Gasteiger partial charge on any atom is -0.469 e. The van der Waals surface area contributed by atoms with Gasteiger partial charge in [-0.05, 0) is 35.8 Å². The lowest BCUT2D eigenvalue weighted by Crippen LogP contribution is -2.40. The minimum atomic E-state index is -0.00552. The molecular weight excluding hydrogens is 340 g/mol. The summed E-state index contributed by atoms with van der Waals surface area (Å²) in [5.41, 5.74) is 3.40. The van der Waals surface area contributed by atoms with Gasteiger partial charge in [0.25, 0.3) is 0 Å². The first kappa shape index (κ1) is 15.9. The zero-order chi connectivity index (χ0) is 16.5. The van der Waals surface area contributed by atoms with Crippen LogP contribution in [0.5, 0.6) is 5.75 Å². The van der Waals surface area contributed by atoms with Gasteiger partial charge in [-0.15, -0.1) is 0 Å². The average molecular weight is 359 g/mol. The van der Waals surface area contributed by atoms with E-state index in [0.717, 1.165) is 40.6 Å². The summed E-state index contributed by atoms with van der Waals surface area (Å²) in [5.74, 6) is 2.05. The summed E-state index contributed by atoms with van der Waals surface area (Å²) in [6.45, 7) is 0. The number of rotatable bonds is 4. The number of fused-ring (bicyclic) bond motifs is 3. The van der Waals surface area contributed by atoms with Crippen molar-refractivity contribution in [2.45, 2.75) is 25.1 Å². The monoisotopic (exact) mass is 358 g/mol. The molecule has 0 fully saturated rings. The zero-order valence-electron chi connectivity index (χ0n) is 13.5. The van der Waals surface area contributed by atoms with Crippen molar-refractivity contribution < 1.29 is 4.74 Å². The number of hydrazone groups is 1. The van der Waals surface area contributed by atoms with Crippen LogP contribution in [-0.4, -0.2) is 29.0 Å². The first-order valence-corrected chi connectivity index (χ1v) is 9.89. The van der Waals surface area contributed by atoms with Crippen LogP contribution in [0.25, 0.3) is 0 Å². The Morgan fingerprint density at radius 1 is 1.25 bits per heavy atom. The molecule has 0 saturated carbocycles. The normalized spacial score (nSPS) is 21.8. The summed E-state index contributed by atoms with van der Waals surface area (Å²) < 4.78 is 6.24. The summed E-state index contributed by atoms with van der Waals surface area (Å²) in [7, 11) is 0. The topological polar surface area (TPSA) is 24.8 Å². The SMILES string of the molecule is CSCCC1Oc2ccccc2C2CC(c3cccc(Cl)c3)=NN12. The number of benzene rings is 2. The molecule has 0 N–H and O–H groups in total. The molecule has 2 aliphatic heterocycles. The Kier molecular flexibility index (Phi) is 4.42. The summed E-state index contributed by atoms with van der Waals surface area (Å²) in [5, 5.41) is 7.81. The molecule has 5 heteroatoms. The molecule has 2 aromatic rings. The summed E-state index contributed by atoms with van der Waals surface area (Å²) in [4.78, 5) is 0. The van der Waals surface area contributed by atoms with E-state index >= 15 is 0 Å². The molecule has 2 aromatic carbocycles. The van der Waals surface area contributed by atoms with Crippen molar-refractivity contribution in [1.29, 1.82) is 0 Å². The minimum absolute atomic E-state index is 0.00552. The predicted octanol–water partition coefficient (Wildman–Crippen LogP) is 4.96. The van der Waals surface area contributed by atoms with E-state index in [9.17, 15) is 0 Å². The van der Waals surface area contributed by atoms with Crippen molar-refractivity contribution in [2.24, 2.45) is 5.10 Å². The van der Waals surface area contributed by atoms with Gasteiger partial charge >= 0.3 is 0 Å². The molecule has 2 heterocycles. The molecule has 124 valence electrons. The summed E-state index contributed by atoms with van der Waals surface area (Å²) in [6.07, 6.45) is 3.96. The fourth-order valence-corrected chi connectivity index (χ4v) is 3.99. The molecule has 2 unspecified atom stereocenters. The van der Waals surface area contributed by atoms with E-state index in [2.05, 4.69) is 35.5 Å². The van der Waals surface area contributed by atoms with Crippen LogP contribution in [0.2, 0.25) is 5.02 Å². The van der Waals surface area contributed by atoms with Crippen molar-refractivity contribution in [3.05, 3.63) is 64.7 Å². The van der Waals surface area contributed by atoms with Gasteiger partial charge in [-0.2, -0.15) is 16.9 Å². The Hall–Kier alpha value is -1.65. The lowest BCUT2D eigenvalue weighted by atomic mass is 9.96. The maximum atomic E-state index is 6.24. The largest absolute Gasteiger partial charge is 0.469 e. The van der Waals surface area contributed by atoms with Crippen LogP contribution in [0, 0.1) is 0 Å². The molecule has 3 nitrogen and oxygen atoms in total. The molecule has 4 rings (SSSR count). The zero-order valence-corrected chi connectivity index (χ0v) is 15.1. The van der Waals surface area contributed by atoms with Crippen molar-refractivity contribution in [3.63, 3.8) is 0 Å². The highest BCUT2D eigenvalue weighted by molar-refractivity contribution is 7.98. The third-order valence-corrected chi connectivity index (χ3v) is 5.38. The van der Waals surface area contributed by atoms with Crippen LogP contribution in [0.3, 0.4) is 0 Å². The number of thioether (sulfide) groups is 1. The highest BCUT2D eigenvalue weighted by Crippen LogP contribution is 2.43. The van der Waals surface area contributed by atoms with Gasteiger partial charge in [-0.25, -0.2) is 0 Å². The van der Waals surface area contributed by atoms with Gasteiger partial charge in [-0.1, -0.05) is 41.9 Å². The molecule has 0 aromatic heterocycles. The molecule has 0 saturated heterocycles. The highest BCUT2D eigenvalue weighted by atomic mass is 35.5. The van der Waals surface area contributed by atoms with Gasteiger partial charge < -0.3 is 4.74 Å². The highest BCUT2D eigenvalue weighted by Gasteiger charge is 2.39. The average Bonchev–Trinajstić information content (AvgIpc) is 3.05. The van der Waals surface area contributed by atoms with Gasteiger partial charge in [0.05, 0.1) is 11.8 Å². The summed E-state index contributed by atoms with van der Waals surface area (Å²) in [6, 6.07) is 16.5. The molecule has 2 aliphatic rings. The maximum Gasteiger partial charge on any atom is 0.188 e. The first-order valence-electron chi connectivity index (χ1n) is 8.12. The first-order chi connectivity index (χ1) is 11.8. The second-order valence-electron chi connectivity index (χ2n) is 6.05. The second kappa shape index (κ2) is 6.69. The van der Waals surface area contributed by atoms with E-state index in [1.165, 1.54) is 5.56 Å². The van der Waals surface area contributed by atoms with E-state index in [1.54, 1.807) is 0 Å². The molecule has 24 heavy (non-hydrogen) atoms. The van der Waals surface area contributed by atoms with Gasteiger partial charge in [0.2, 0.25) is 0 Å². The van der Waals surface area contributed by atoms with Gasteiger partial charge in [-0.3, -0.25) is 5.01 Å². The molecule has 0 spiro atoms. The Labute approximate surface area is 151 Å². The van der Waals surface area contributed by atoms with E-state index < -0.39 is 0 Å². The van der Waals surface area contributed by atoms with E-state index in [0.29, 0.717) is 0 Å². The van der Waals surface area contributed by atoms with Crippen molar-refractivity contribution in [2.75, 3.05) is 12.0 Å². The van der Waals surface area contributed by atoms with Crippen molar-refractivity contribution in [3.8, 4) is 5.75 Å². The lowest BCUT2D eigenvalue weighted by Gasteiger charge is -2.38. The fourth-order valence-electron chi connectivity index (χ4n) is 3.36. The third kappa shape index (κ3) is 2.89. The second-order valence-corrected chi connectivity index (χ2v) is 7.47. The van der Waals surface area contributed by atoms with Gasteiger partial charge in [0.1, 0.15) is 5.75 Å². The molecule has 2 atom stereocenters. The predicted molar refractivity (Wildman–Crippen MR) is 101 cm³/mol. The Balaban J connectivity index is 1.69. The van der Waals surface area contributed by atoms with Crippen molar-refractivity contribution in [1.82, 2.24) is 5.01 Å². The number of nitrogens with zero attached hydrogens (tertiary/aromatic N) is 2. The Morgan fingerprint density at radius 2 is 2.12 bits per heavy atom. The molecule has 0 bridgehead atoms. The smallest absolute Gasteiger partial charge is 0.188 e. The van der Waals surface area contributed by atoms with Crippen LogP contribution in [0.4, 0.5) is 0 Å². The van der Waals surface area contributed by atoms with E-state index in [1.807, 2.05) is 36.0 Å². The Bertz CT molecular complexity index is 779. The molecule has 0 aliphatic carbocycles. The fraction of sp³-hybridized carbons (Fsp3) is 0.316. The summed E-state index contributed by atoms with van der Waals surface area (Å²) >= 11 is 8.00. The standard InChI is InChI=1S/C19H19ClN2OS/c1-24-10-9-19-22-17(15-7-2-3-8-18(15)23-19)12-16(21-22)13-5-4-6-14(20)11-13/h2-8,11,17,19H,9-10,12H2,1H3. The van der Waals surface area contributed by atoms with Crippen LogP contribution in [0.1, 0.15) is 30.0 Å². The van der Waals surface area contributed by atoms with Crippen LogP contribution >= 0.6 is 23.4 Å². The lowest BCUT2D eigenvalue weighted by molar-refractivity contribution is -0.0180. The van der Waals surface area contributed by atoms with Crippen molar-refractivity contribution >= 4 is 29.1 Å². The van der Waals surface area contributed by atoms with Crippen LogP contribution in [0.15, 0.2) is 53.6 Å². The number of ether oxygens (including phenoxy) is 1. The van der Waals surface area contributed by atoms with Crippen LogP contribution < -0.4 is 4.74 Å². The molecule has 0 amide bonds. The van der Waals surface area contributed by atoms with Gasteiger partial charge in [0, 0.05) is 23.4 Å². The van der Waals surface area contributed by atoms with Crippen LogP contribution in [-0.2, 0) is 0 Å². The number of para-hydroxylation sites is 1.